The molecule has 0 radical (unpaired) electrons. The number of pyridine rings is 1. The van der Waals surface area contributed by atoms with Crippen LogP contribution in [0.25, 0.3) is 11.4 Å². The van der Waals surface area contributed by atoms with E-state index in [1.165, 1.54) is 0 Å². The second-order valence-corrected chi connectivity index (χ2v) is 4.70. The normalized spacial score (nSPS) is 10.0. The van der Waals surface area contributed by atoms with Gasteiger partial charge >= 0.3 is 0 Å². The summed E-state index contributed by atoms with van der Waals surface area (Å²) in [6.07, 6.45) is 8.85. The lowest BCUT2D eigenvalue weighted by Gasteiger charge is -2.07. The predicted molar refractivity (Wildman–Crippen MR) is 83.0 cm³/mol. The van der Waals surface area contributed by atoms with Crippen LogP contribution >= 0.6 is 0 Å². The van der Waals surface area contributed by atoms with E-state index in [4.69, 9.17) is 6.42 Å². The number of aromatic amines is 1. The van der Waals surface area contributed by atoms with Gasteiger partial charge in [-0.3, -0.25) is 14.6 Å². The van der Waals surface area contributed by atoms with Crippen molar-refractivity contribution in [1.29, 1.82) is 0 Å². The third kappa shape index (κ3) is 3.79. The number of hydrogen-bond acceptors (Lipinski definition) is 4. The number of aromatic nitrogens is 3. The van der Waals surface area contributed by atoms with Crippen molar-refractivity contribution in [1.82, 2.24) is 20.3 Å². The Labute approximate surface area is 128 Å². The van der Waals surface area contributed by atoms with Crippen LogP contribution in [0.2, 0.25) is 0 Å². The van der Waals surface area contributed by atoms with Crippen LogP contribution in [0, 0.1) is 19.3 Å². The van der Waals surface area contributed by atoms with E-state index in [1.54, 1.807) is 31.5 Å². The van der Waals surface area contributed by atoms with Gasteiger partial charge in [0, 0.05) is 35.6 Å². The lowest BCUT2D eigenvalue weighted by molar-refractivity contribution is -0.120. The summed E-state index contributed by atoms with van der Waals surface area (Å²) in [4.78, 5) is 34.8. The molecule has 0 aliphatic heterocycles. The van der Waals surface area contributed by atoms with Crippen LogP contribution in [0.4, 0.5) is 0 Å². The van der Waals surface area contributed by atoms with Crippen LogP contribution in [-0.2, 0) is 11.2 Å². The minimum atomic E-state index is -0.232. The fraction of sp³-hybridized carbons (Fsp3) is 0.250. The van der Waals surface area contributed by atoms with Crippen molar-refractivity contribution in [3.63, 3.8) is 0 Å². The van der Waals surface area contributed by atoms with E-state index in [-0.39, 0.29) is 24.4 Å². The summed E-state index contributed by atoms with van der Waals surface area (Å²) in [5.41, 5.74) is 1.67. The molecule has 2 heterocycles. The molecule has 0 saturated heterocycles. The number of nitrogens with one attached hydrogen (secondary N) is 2. The maximum absolute atomic E-state index is 12.2. The highest BCUT2D eigenvalue weighted by molar-refractivity contribution is 5.76. The molecule has 2 rings (SSSR count). The summed E-state index contributed by atoms with van der Waals surface area (Å²) in [6.45, 7) is 1.95. The zero-order valence-corrected chi connectivity index (χ0v) is 12.2. The number of terminal acetylenes is 1. The first kappa shape index (κ1) is 15.4. The third-order valence-corrected chi connectivity index (χ3v) is 3.17. The summed E-state index contributed by atoms with van der Waals surface area (Å²) in [5, 5.41) is 2.56. The number of amides is 1. The summed E-state index contributed by atoms with van der Waals surface area (Å²) in [6, 6.07) is 3.54. The van der Waals surface area contributed by atoms with Crippen molar-refractivity contribution in [2.45, 2.75) is 19.8 Å². The molecule has 6 nitrogen and oxygen atoms in total. The number of hydrogen-bond donors (Lipinski definition) is 2. The van der Waals surface area contributed by atoms with E-state index in [0.29, 0.717) is 23.5 Å². The molecule has 0 unspecified atom stereocenters. The van der Waals surface area contributed by atoms with Crippen molar-refractivity contribution in [2.24, 2.45) is 0 Å². The van der Waals surface area contributed by atoms with E-state index in [1.807, 2.05) is 0 Å². The molecular weight excluding hydrogens is 280 g/mol. The second kappa shape index (κ2) is 7.18. The highest BCUT2D eigenvalue weighted by Gasteiger charge is 2.11. The summed E-state index contributed by atoms with van der Waals surface area (Å²) >= 11 is 0. The number of H-pyrrole nitrogens is 1. The van der Waals surface area contributed by atoms with E-state index in [9.17, 15) is 9.59 Å². The van der Waals surface area contributed by atoms with Gasteiger partial charge < -0.3 is 10.3 Å². The number of aryl methyl sites for hydroxylation is 1. The van der Waals surface area contributed by atoms with E-state index in [0.717, 1.165) is 5.56 Å². The van der Waals surface area contributed by atoms with Crippen LogP contribution in [-0.4, -0.2) is 27.4 Å². The largest absolute Gasteiger partial charge is 0.345 e. The van der Waals surface area contributed by atoms with Crippen LogP contribution < -0.4 is 10.9 Å². The van der Waals surface area contributed by atoms with Gasteiger partial charge in [-0.15, -0.1) is 6.42 Å². The van der Waals surface area contributed by atoms with Gasteiger partial charge in [-0.25, -0.2) is 4.98 Å². The Bertz CT molecular complexity index is 760. The van der Waals surface area contributed by atoms with Crippen molar-refractivity contribution >= 4 is 5.91 Å². The molecular formula is C16H16N4O2. The fourth-order valence-electron chi connectivity index (χ4n) is 2.03. The minimum Gasteiger partial charge on any atom is -0.345 e. The standard InChI is InChI=1S/C16H16N4O2/c1-3-8-18-14(21)5-4-13-11(2)19-15(20-16(13)22)12-6-9-17-10-7-12/h1,6-7,9-10H,4-5,8H2,2H3,(H,18,21)(H,19,20,22). The number of rotatable bonds is 5. The molecule has 1 amide bonds. The molecule has 0 bridgehead atoms. The Morgan fingerprint density at radius 3 is 2.77 bits per heavy atom. The van der Waals surface area contributed by atoms with E-state index < -0.39 is 0 Å². The molecule has 22 heavy (non-hydrogen) atoms. The van der Waals surface area contributed by atoms with Gasteiger partial charge in [-0.2, -0.15) is 0 Å². The molecule has 2 aromatic rings. The molecule has 112 valence electrons. The lowest BCUT2D eigenvalue weighted by atomic mass is 10.1. The Morgan fingerprint density at radius 1 is 1.41 bits per heavy atom. The molecule has 0 aliphatic carbocycles. The average molecular weight is 296 g/mol. The first-order valence-electron chi connectivity index (χ1n) is 6.82. The molecule has 0 atom stereocenters. The van der Waals surface area contributed by atoms with Gasteiger partial charge in [0.15, 0.2) is 0 Å². The molecule has 0 fully saturated rings. The molecule has 0 saturated carbocycles. The molecule has 0 aromatic carbocycles. The maximum atomic E-state index is 12.2. The van der Waals surface area contributed by atoms with Crippen LogP contribution in [0.1, 0.15) is 17.7 Å². The molecule has 2 N–H and O–H groups in total. The SMILES string of the molecule is C#CCNC(=O)CCc1c(C)nc(-c2ccncc2)[nH]c1=O. The molecule has 6 heteroatoms. The quantitative estimate of drug-likeness (QED) is 0.800. The summed E-state index contributed by atoms with van der Waals surface area (Å²) in [7, 11) is 0. The van der Waals surface area contributed by atoms with Gasteiger partial charge in [0.25, 0.3) is 5.56 Å². The number of nitrogens with zero attached hydrogens (tertiary/aromatic N) is 2. The zero-order chi connectivity index (χ0) is 15.9. The van der Waals surface area contributed by atoms with Crippen molar-refractivity contribution < 1.29 is 4.79 Å². The van der Waals surface area contributed by atoms with Crippen molar-refractivity contribution in [3.8, 4) is 23.7 Å². The minimum absolute atomic E-state index is 0.185. The Kier molecular flexibility index (Phi) is 5.04. The van der Waals surface area contributed by atoms with Crippen molar-refractivity contribution in [2.75, 3.05) is 6.54 Å². The Balaban J connectivity index is 2.16. The second-order valence-electron chi connectivity index (χ2n) is 4.70. The first-order valence-corrected chi connectivity index (χ1v) is 6.82. The number of carbonyl (C=O) groups excluding carboxylic acids is 1. The Hall–Kier alpha value is -2.94. The van der Waals surface area contributed by atoms with E-state index >= 15 is 0 Å². The van der Waals surface area contributed by atoms with Crippen LogP contribution in [0.15, 0.2) is 29.3 Å². The monoisotopic (exact) mass is 296 g/mol. The van der Waals surface area contributed by atoms with E-state index in [2.05, 4.69) is 26.2 Å². The maximum Gasteiger partial charge on any atom is 0.254 e. The van der Waals surface area contributed by atoms with Crippen molar-refractivity contribution in [3.05, 3.63) is 46.1 Å². The zero-order valence-electron chi connectivity index (χ0n) is 12.2. The molecule has 0 aliphatic rings. The van der Waals surface area contributed by atoms with Gasteiger partial charge in [0.2, 0.25) is 5.91 Å². The highest BCUT2D eigenvalue weighted by atomic mass is 16.1. The molecule has 2 aromatic heterocycles. The Morgan fingerprint density at radius 2 is 2.14 bits per heavy atom. The van der Waals surface area contributed by atoms with Crippen LogP contribution in [0.5, 0.6) is 0 Å². The van der Waals surface area contributed by atoms with Gasteiger partial charge in [-0.1, -0.05) is 5.92 Å². The van der Waals surface area contributed by atoms with Gasteiger partial charge in [0.05, 0.1) is 6.54 Å². The summed E-state index contributed by atoms with van der Waals surface area (Å²) in [5.74, 6) is 2.63. The summed E-state index contributed by atoms with van der Waals surface area (Å²) < 4.78 is 0. The predicted octanol–water partition coefficient (Wildman–Crippen LogP) is 0.822. The van der Waals surface area contributed by atoms with Crippen LogP contribution in [0.3, 0.4) is 0 Å². The van der Waals surface area contributed by atoms with Gasteiger partial charge in [0.1, 0.15) is 5.82 Å². The highest BCUT2D eigenvalue weighted by Crippen LogP contribution is 2.13. The fourth-order valence-corrected chi connectivity index (χ4v) is 2.03. The average Bonchev–Trinajstić information content (AvgIpc) is 2.52. The topological polar surface area (TPSA) is 87.7 Å². The lowest BCUT2D eigenvalue weighted by Crippen LogP contribution is -2.25. The number of carbonyl (C=O) groups is 1. The smallest absolute Gasteiger partial charge is 0.254 e. The van der Waals surface area contributed by atoms with Gasteiger partial charge in [-0.05, 0) is 25.5 Å². The molecule has 0 spiro atoms. The first-order chi connectivity index (χ1) is 10.6. The third-order valence-electron chi connectivity index (χ3n) is 3.17.